The number of benzene rings is 1. The zero-order valence-corrected chi connectivity index (χ0v) is 15.4. The Kier molecular flexibility index (Phi) is 6.27. The molecule has 3 atom stereocenters. The van der Waals surface area contributed by atoms with Crippen molar-refractivity contribution < 1.29 is 9.53 Å². The number of hydrogen-bond donors (Lipinski definition) is 1. The molecule has 0 bridgehead atoms. The van der Waals surface area contributed by atoms with Crippen LogP contribution in [0.4, 0.5) is 0 Å². The molecule has 2 aliphatic rings. The summed E-state index contributed by atoms with van der Waals surface area (Å²) in [5, 5.41) is 3.08. The van der Waals surface area contributed by atoms with Crippen LogP contribution >= 0.6 is 0 Å². The van der Waals surface area contributed by atoms with E-state index in [0.717, 1.165) is 44.5 Å². The molecule has 0 saturated carbocycles. The first-order valence-electron chi connectivity index (χ1n) is 9.48. The molecule has 0 spiro atoms. The first kappa shape index (κ1) is 18.2. The minimum Gasteiger partial charge on any atom is -0.373 e. The van der Waals surface area contributed by atoms with Gasteiger partial charge in [0.2, 0.25) is 5.91 Å². The predicted molar refractivity (Wildman–Crippen MR) is 100 cm³/mol. The van der Waals surface area contributed by atoms with Crippen molar-refractivity contribution in [2.45, 2.75) is 58.4 Å². The quantitative estimate of drug-likeness (QED) is 0.835. The number of morpholine rings is 1. The summed E-state index contributed by atoms with van der Waals surface area (Å²) < 4.78 is 5.79. The molecular formula is C21H30N2O2. The maximum Gasteiger partial charge on any atom is 0.223 e. The zero-order valence-electron chi connectivity index (χ0n) is 15.4. The number of carbonyl (C=O) groups is 1. The molecule has 1 fully saturated rings. The van der Waals surface area contributed by atoms with Crippen LogP contribution in [0.1, 0.15) is 44.2 Å². The van der Waals surface area contributed by atoms with E-state index >= 15 is 0 Å². The number of carbonyl (C=O) groups excluding carboxylic acids is 1. The van der Waals surface area contributed by atoms with E-state index in [-0.39, 0.29) is 11.8 Å². The van der Waals surface area contributed by atoms with Crippen LogP contribution in [-0.2, 0) is 22.6 Å². The first-order chi connectivity index (χ1) is 12.1. The van der Waals surface area contributed by atoms with E-state index in [1.807, 2.05) is 0 Å². The number of allylic oxidation sites excluding steroid dienone is 2. The Hall–Kier alpha value is -1.65. The summed E-state index contributed by atoms with van der Waals surface area (Å²) in [6, 6.07) is 8.61. The smallest absolute Gasteiger partial charge is 0.223 e. The molecule has 136 valence electrons. The zero-order chi connectivity index (χ0) is 17.6. The number of nitrogens with zero attached hydrogens (tertiary/aromatic N) is 1. The van der Waals surface area contributed by atoms with Gasteiger partial charge in [-0.2, -0.15) is 0 Å². The number of nitrogens with one attached hydrogen (secondary N) is 1. The van der Waals surface area contributed by atoms with Gasteiger partial charge in [-0.15, -0.1) is 0 Å². The summed E-state index contributed by atoms with van der Waals surface area (Å²) in [4.78, 5) is 14.6. The van der Waals surface area contributed by atoms with Crippen molar-refractivity contribution in [1.82, 2.24) is 10.2 Å². The first-order valence-corrected chi connectivity index (χ1v) is 9.48. The number of amides is 1. The fourth-order valence-electron chi connectivity index (χ4n) is 3.80. The predicted octanol–water partition coefficient (Wildman–Crippen LogP) is 3.27. The minimum absolute atomic E-state index is 0.148. The molecule has 3 rings (SSSR count). The number of rotatable bonds is 5. The molecular weight excluding hydrogens is 312 g/mol. The highest BCUT2D eigenvalue weighted by Gasteiger charge is 2.22. The summed E-state index contributed by atoms with van der Waals surface area (Å²) in [6.07, 6.45) is 7.75. The van der Waals surface area contributed by atoms with Crippen LogP contribution in [0.2, 0.25) is 0 Å². The summed E-state index contributed by atoms with van der Waals surface area (Å²) in [7, 11) is 0. The van der Waals surface area contributed by atoms with Crippen molar-refractivity contribution in [3.05, 3.63) is 47.5 Å². The largest absolute Gasteiger partial charge is 0.373 e. The molecule has 4 heteroatoms. The lowest BCUT2D eigenvalue weighted by Crippen LogP contribution is -2.44. The van der Waals surface area contributed by atoms with Crippen molar-refractivity contribution in [1.29, 1.82) is 0 Å². The normalized spacial score (nSPS) is 27.2. The van der Waals surface area contributed by atoms with Crippen molar-refractivity contribution in [2.75, 3.05) is 13.1 Å². The van der Waals surface area contributed by atoms with Crippen LogP contribution in [0.3, 0.4) is 0 Å². The topological polar surface area (TPSA) is 41.6 Å². The Balaban J connectivity index is 1.47. The van der Waals surface area contributed by atoms with E-state index in [1.165, 1.54) is 5.56 Å². The molecule has 1 N–H and O–H groups in total. The Bertz CT molecular complexity index is 586. The molecule has 25 heavy (non-hydrogen) atoms. The average molecular weight is 342 g/mol. The molecule has 1 amide bonds. The van der Waals surface area contributed by atoms with Crippen LogP contribution in [0.25, 0.3) is 0 Å². The molecule has 1 saturated heterocycles. The summed E-state index contributed by atoms with van der Waals surface area (Å²) in [5.41, 5.74) is 2.47. The van der Waals surface area contributed by atoms with Gasteiger partial charge in [0.05, 0.1) is 12.2 Å². The second kappa shape index (κ2) is 8.63. The lowest BCUT2D eigenvalue weighted by molar-refractivity contribution is -0.125. The SMILES string of the molecule is C[C@@H]1CN(Cc2ccc(CNC(=O)[C@H]3CC=CCC3)cc2)C[C@@H](C)O1. The van der Waals surface area contributed by atoms with Crippen LogP contribution in [0.15, 0.2) is 36.4 Å². The fourth-order valence-corrected chi connectivity index (χ4v) is 3.80. The summed E-state index contributed by atoms with van der Waals surface area (Å²) in [6.45, 7) is 7.81. The van der Waals surface area contributed by atoms with E-state index in [0.29, 0.717) is 18.8 Å². The van der Waals surface area contributed by atoms with Crippen LogP contribution in [-0.4, -0.2) is 36.1 Å². The maximum atomic E-state index is 12.2. The molecule has 0 radical (unpaired) electrons. The van der Waals surface area contributed by atoms with Gasteiger partial charge in [0.1, 0.15) is 0 Å². The van der Waals surface area contributed by atoms with Crippen molar-refractivity contribution in [3.63, 3.8) is 0 Å². The highest BCUT2D eigenvalue weighted by Crippen LogP contribution is 2.18. The van der Waals surface area contributed by atoms with Gasteiger partial charge in [0.15, 0.2) is 0 Å². The van der Waals surface area contributed by atoms with Gasteiger partial charge in [-0.3, -0.25) is 9.69 Å². The van der Waals surface area contributed by atoms with Crippen LogP contribution < -0.4 is 5.32 Å². The van der Waals surface area contributed by atoms with Crippen LogP contribution in [0, 0.1) is 5.92 Å². The van der Waals surface area contributed by atoms with Crippen molar-refractivity contribution in [3.8, 4) is 0 Å². The van der Waals surface area contributed by atoms with Crippen molar-refractivity contribution >= 4 is 5.91 Å². The maximum absolute atomic E-state index is 12.2. The van der Waals surface area contributed by atoms with Gasteiger partial charge in [-0.1, -0.05) is 36.4 Å². The molecule has 4 nitrogen and oxygen atoms in total. The second-order valence-electron chi connectivity index (χ2n) is 7.47. The van der Waals surface area contributed by atoms with E-state index in [2.05, 4.69) is 60.5 Å². The van der Waals surface area contributed by atoms with Crippen LogP contribution in [0.5, 0.6) is 0 Å². The minimum atomic E-state index is 0.148. The number of ether oxygens (including phenoxy) is 1. The Morgan fingerprint density at radius 1 is 1.12 bits per heavy atom. The Labute approximate surface area is 151 Å². The van der Waals surface area contributed by atoms with Gasteiger partial charge in [-0.25, -0.2) is 0 Å². The van der Waals surface area contributed by atoms with E-state index in [9.17, 15) is 4.79 Å². The lowest BCUT2D eigenvalue weighted by Gasteiger charge is -2.35. The summed E-state index contributed by atoms with van der Waals surface area (Å²) >= 11 is 0. The lowest BCUT2D eigenvalue weighted by atomic mass is 9.93. The highest BCUT2D eigenvalue weighted by molar-refractivity contribution is 5.78. The molecule has 1 aromatic carbocycles. The molecule has 0 unspecified atom stereocenters. The molecule has 1 aromatic rings. The van der Waals surface area contributed by atoms with Gasteiger partial charge in [-0.05, 0) is 44.2 Å². The number of hydrogen-bond acceptors (Lipinski definition) is 3. The van der Waals surface area contributed by atoms with Gasteiger partial charge < -0.3 is 10.1 Å². The molecule has 1 aliphatic heterocycles. The van der Waals surface area contributed by atoms with Gasteiger partial charge >= 0.3 is 0 Å². The van der Waals surface area contributed by atoms with E-state index < -0.39 is 0 Å². The third-order valence-corrected chi connectivity index (χ3v) is 5.03. The molecule has 0 aromatic heterocycles. The molecule has 1 aliphatic carbocycles. The highest BCUT2D eigenvalue weighted by atomic mass is 16.5. The van der Waals surface area contributed by atoms with E-state index in [4.69, 9.17) is 4.74 Å². The Morgan fingerprint density at radius 2 is 1.80 bits per heavy atom. The monoisotopic (exact) mass is 342 g/mol. The third kappa shape index (κ3) is 5.41. The molecule has 1 heterocycles. The van der Waals surface area contributed by atoms with E-state index in [1.54, 1.807) is 0 Å². The standard InChI is InChI=1S/C21H30N2O2/c1-16-13-23(14-17(2)25-16)15-19-10-8-18(9-11-19)12-22-21(24)20-6-4-3-5-7-20/h3-4,8-11,16-17,20H,5-7,12-15H2,1-2H3,(H,22,24)/t16-,17-,20+/m1/s1. The van der Waals surface area contributed by atoms with Crippen molar-refractivity contribution in [2.24, 2.45) is 5.92 Å². The summed E-state index contributed by atoms with van der Waals surface area (Å²) in [5.74, 6) is 0.333. The third-order valence-electron chi connectivity index (χ3n) is 5.03. The second-order valence-corrected chi connectivity index (χ2v) is 7.47. The fraction of sp³-hybridized carbons (Fsp3) is 0.571. The Morgan fingerprint density at radius 3 is 2.44 bits per heavy atom. The van der Waals surface area contributed by atoms with Gasteiger partial charge in [0.25, 0.3) is 0 Å². The van der Waals surface area contributed by atoms with Gasteiger partial charge in [0, 0.05) is 32.1 Å². The average Bonchev–Trinajstić information content (AvgIpc) is 2.61.